The van der Waals surface area contributed by atoms with Gasteiger partial charge in [-0.3, -0.25) is 28.3 Å². The van der Waals surface area contributed by atoms with E-state index in [-0.39, 0.29) is 142 Å². The van der Waals surface area contributed by atoms with Gasteiger partial charge in [0.25, 0.3) is 95.4 Å². The molecule has 0 saturated carbocycles. The van der Waals surface area contributed by atoms with E-state index in [0.29, 0.717) is 64.4 Å². The zero-order chi connectivity index (χ0) is 97.3. The molecule has 0 amide bonds. The molecule has 15 rings (SSSR count). The van der Waals surface area contributed by atoms with Crippen molar-refractivity contribution in [1.82, 2.24) is 74.9 Å². The van der Waals surface area contributed by atoms with Gasteiger partial charge in [0, 0.05) is 32.0 Å². The molecule has 0 bridgehead atoms. The lowest BCUT2D eigenvalue weighted by molar-refractivity contribution is 0.144. The van der Waals surface area contributed by atoms with Crippen molar-refractivity contribution in [3.8, 4) is 35.3 Å². The molecule has 0 aliphatic rings. The molecule has 0 aromatic carbocycles. The van der Waals surface area contributed by atoms with Crippen LogP contribution in [0, 0.1) is 6.92 Å². The number of aromatic amines is 1. The van der Waals surface area contributed by atoms with Crippen LogP contribution < -0.4 is 56.8 Å². The maximum Gasteiger partial charge on any atom is 0.272 e. The highest BCUT2D eigenvalue weighted by atomic mass is 79.9. The first kappa shape index (κ1) is 108. The number of furan rings is 1. The van der Waals surface area contributed by atoms with Crippen LogP contribution in [0.5, 0.6) is 35.3 Å². The topological polar surface area (TPSA) is 564 Å². The molecule has 0 fully saturated rings. The van der Waals surface area contributed by atoms with Crippen LogP contribution >= 0.6 is 225 Å². The lowest BCUT2D eigenvalue weighted by Crippen LogP contribution is -2.15. The average molecular weight is 2490 g/mol. The second-order valence-corrected chi connectivity index (χ2v) is 50.4. The Hall–Kier alpha value is -8.12. The van der Waals surface area contributed by atoms with E-state index in [0.717, 1.165) is 73.8 Å². The number of H-pyrrole nitrogens is 1. The summed E-state index contributed by atoms with van der Waals surface area (Å²) in [5.41, 5.74) is 0.521. The van der Waals surface area contributed by atoms with Crippen LogP contribution in [0.15, 0.2) is 198 Å². The van der Waals surface area contributed by atoms with Gasteiger partial charge < -0.3 is 47.1 Å². The van der Waals surface area contributed by atoms with Crippen molar-refractivity contribution in [3.05, 3.63) is 225 Å². The molecule has 0 aliphatic heterocycles. The third kappa shape index (κ3) is 33.1. The van der Waals surface area contributed by atoms with Gasteiger partial charge in [-0.1, -0.05) is 98.0 Å². The smallest absolute Gasteiger partial charge is 0.272 e. The lowest BCUT2D eigenvalue weighted by atomic mass is 10.4. The minimum Gasteiger partial charge on any atom is -0.478 e. The normalized spacial score (nSPS) is 11.4. The van der Waals surface area contributed by atoms with Crippen LogP contribution in [-0.4, -0.2) is 167 Å². The van der Waals surface area contributed by atoms with Crippen molar-refractivity contribution in [2.24, 2.45) is 0 Å². The average Bonchev–Trinajstić information content (AvgIpc) is 1.57. The molecule has 15 aromatic rings. The molecular formula is C68H55Br4Cl8N21O21S12. The maximum atomic E-state index is 12.4. The summed E-state index contributed by atoms with van der Waals surface area (Å²) in [5, 5.41) is 3.97. The number of sulfonamides is 6. The van der Waals surface area contributed by atoms with Crippen molar-refractivity contribution in [1.29, 1.82) is 0 Å². The molecule has 7 N–H and O–H groups in total. The second kappa shape index (κ2) is 49.9. The third-order valence-electron chi connectivity index (χ3n) is 14.5. The van der Waals surface area contributed by atoms with Gasteiger partial charge in [-0.2, -0.15) is 4.98 Å². The van der Waals surface area contributed by atoms with E-state index in [9.17, 15) is 50.5 Å². The van der Waals surface area contributed by atoms with Crippen molar-refractivity contribution in [2.75, 3.05) is 69.5 Å². The second-order valence-electron chi connectivity index (χ2n) is 24.0. The molecule has 0 spiro atoms. The zero-order valence-corrected chi connectivity index (χ0v) is 89.1. The van der Waals surface area contributed by atoms with Crippen LogP contribution in [-0.2, 0) is 84.5 Å². The Morgan fingerprint density at radius 3 is 1.13 bits per heavy atom. The third-order valence-corrected chi connectivity index (χ3v) is 35.2. The minimum atomic E-state index is -3.90. The van der Waals surface area contributed by atoms with Gasteiger partial charge in [0.2, 0.25) is 34.9 Å². The fourth-order valence-electron chi connectivity index (χ4n) is 9.02. The van der Waals surface area contributed by atoms with Crippen LogP contribution in [0.2, 0.25) is 38.0 Å². The van der Waals surface area contributed by atoms with Gasteiger partial charge in [-0.25, -0.2) is 110 Å². The van der Waals surface area contributed by atoms with Gasteiger partial charge in [0.1, 0.15) is 92.8 Å². The first-order chi connectivity index (χ1) is 63.5. The molecule has 134 heavy (non-hydrogen) atoms. The molecule has 0 unspecified atom stereocenters. The van der Waals surface area contributed by atoms with E-state index >= 15 is 0 Å². The molecule has 0 aliphatic carbocycles. The van der Waals surface area contributed by atoms with E-state index < -0.39 is 60.1 Å². The molecule has 0 atom stereocenters. The van der Waals surface area contributed by atoms with Gasteiger partial charge in [-0.15, -0.1) is 68.0 Å². The number of nitrogens with zero attached hydrogens (tertiary/aromatic N) is 14. The summed E-state index contributed by atoms with van der Waals surface area (Å²) in [4.78, 5) is 54.3. The quantitative estimate of drug-likeness (QED) is 0.0184. The predicted molar refractivity (Wildman–Crippen MR) is 521 cm³/mol. The summed E-state index contributed by atoms with van der Waals surface area (Å²) in [6.45, 7) is 2.61. The zero-order valence-electron chi connectivity index (χ0n) is 66.9. The number of anilines is 6. The number of aryl methyl sites for hydroxylation is 1. The predicted octanol–water partition coefficient (Wildman–Crippen LogP) is 18.7. The highest BCUT2D eigenvalue weighted by Crippen LogP contribution is 2.38. The first-order valence-electron chi connectivity index (χ1n) is 35.3. The SMILES string of the molecule is COCCOc1nc(Br)cnc1NS(=O)(=O)c1ccc(Cl)s1.COc1nc(Cl)cnc1NS(=O)(=O)c1ccc(Br)s1.COc1ncc(Cl)nc1NS(=O)(=O)c1ccc(Br)s1.Cc1cc(COc2ncc(Cl)nc2NS(=O)(=O)c2ccc(Cl)s2)no1.O=S(=O)(Nc1nc(Cl)cnc1OCc1ccco1)c1ccc(Cl)s1.O=S(=O)(Nc1ncc(Br)nc1OCCc1ncc[nH]1)c1ccc(Cl)s1. The summed E-state index contributed by atoms with van der Waals surface area (Å²) in [6, 6.07) is 22.9. The number of hydrogen-bond donors (Lipinski definition) is 7. The molecule has 66 heteroatoms. The molecule has 0 saturated heterocycles. The number of imidazole rings is 1. The molecule has 714 valence electrons. The summed E-state index contributed by atoms with van der Waals surface area (Å²) in [7, 11) is -18.7. The lowest BCUT2D eigenvalue weighted by Gasteiger charge is -2.11. The number of rotatable bonds is 34. The van der Waals surface area contributed by atoms with Crippen molar-refractivity contribution in [2.45, 2.75) is 51.8 Å². The molecule has 42 nitrogen and oxygen atoms in total. The molecule has 15 aromatic heterocycles. The van der Waals surface area contributed by atoms with E-state index in [1.54, 1.807) is 49.6 Å². The highest BCUT2D eigenvalue weighted by Gasteiger charge is 2.29. The number of ether oxygens (including phenoxy) is 7. The van der Waals surface area contributed by atoms with Crippen LogP contribution in [0.25, 0.3) is 0 Å². The molecule has 15 heterocycles. The Labute approximate surface area is 858 Å². The Morgan fingerprint density at radius 2 is 0.761 bits per heavy atom. The Morgan fingerprint density at radius 1 is 0.388 bits per heavy atom. The van der Waals surface area contributed by atoms with E-state index in [1.165, 1.54) is 125 Å². The maximum absolute atomic E-state index is 12.4. The summed E-state index contributed by atoms with van der Waals surface area (Å²) >= 11 is 64.7. The number of nitrogens with one attached hydrogen (secondary N) is 7. The van der Waals surface area contributed by atoms with Crippen LogP contribution in [0.4, 0.5) is 34.9 Å². The van der Waals surface area contributed by atoms with E-state index in [4.69, 9.17) is 135 Å². The summed E-state index contributed by atoms with van der Waals surface area (Å²) < 4.78 is 212. The summed E-state index contributed by atoms with van der Waals surface area (Å²) in [5.74, 6) is 1.65. The number of thiophene rings is 6. The van der Waals surface area contributed by atoms with Crippen molar-refractivity contribution >= 4 is 320 Å². The Bertz CT molecular complexity index is 7250. The van der Waals surface area contributed by atoms with E-state index in [2.05, 4.69) is 167 Å². The standard InChI is InChI=1S/C13H11BrClN5O3S2.C13H10Cl2N4O4S2.C13H9Cl2N3O4S2.C11H11BrClN3O4S2.2C9H7BrClN3O3S2/c14-8-7-18-12(20-25(21,22)11-2-1-9(15)24-11)13(19-8)23-6-3-10-16-4-5-17-10;1-7-4-8(18-23-7)6-22-13-12(17-9(14)5-16-13)19-25(20,21)11-3-2-10(15)24-11;14-9-6-16-13(22-7-8-2-1-5-21-8)12(17-9)18-24(19,20)11-4-3-10(15)23-11;1-19-4-5-20-11-10(14-6-7(12)15-11)16-22(17,18)9-3-2-8(13)21-9;1-17-9-8(13-6(11)4-12-9)14-19(15,16)7-3-2-5(10)18-7;1-17-9-8(12-4-6(11)13-9)14-19(15,16)7-3-2-5(10)18-7/h1-2,4-5,7H,3,6H2,(H,16,17)(H,18,20);2-5H,6H2,1H3,(H,17,19);1-6H,7H2,(H,17,18);2-3,6H,4-5H2,1H3,(H,14,16);2-4H,1H3,(H,13,14);2-4H,1H3,(H,12,14). The van der Waals surface area contributed by atoms with Gasteiger partial charge >= 0.3 is 0 Å². The van der Waals surface area contributed by atoms with Crippen molar-refractivity contribution in [3.63, 3.8) is 0 Å². The number of halogens is 12. The number of hydrogen-bond acceptors (Lipinski definition) is 41. The largest absolute Gasteiger partial charge is 0.478 e. The highest BCUT2D eigenvalue weighted by molar-refractivity contribution is 9.11. The monoisotopic (exact) mass is 2480 g/mol. The Kier molecular flexibility index (Phi) is 40.2. The minimum absolute atomic E-state index is 0.00606. The van der Waals surface area contributed by atoms with Gasteiger partial charge in [0.15, 0.2) is 5.15 Å². The fourth-order valence-corrected chi connectivity index (χ4v) is 26.0. The number of methoxy groups -OCH3 is 3. The first-order valence-corrected chi connectivity index (χ1v) is 55.3. The van der Waals surface area contributed by atoms with E-state index in [1.807, 2.05) is 0 Å². The molecular weight excluding hydrogens is 2430 g/mol. The summed E-state index contributed by atoms with van der Waals surface area (Å²) in [6.07, 6.45) is 13.1. The number of aromatic nitrogens is 15. The Balaban J connectivity index is 0.000000167. The van der Waals surface area contributed by atoms with Gasteiger partial charge in [0.05, 0.1) is 95.8 Å². The van der Waals surface area contributed by atoms with Crippen LogP contribution in [0.3, 0.4) is 0 Å². The van der Waals surface area contributed by atoms with Crippen LogP contribution in [0.1, 0.15) is 23.0 Å². The molecule has 0 radical (unpaired) electrons. The van der Waals surface area contributed by atoms with Crippen molar-refractivity contribution < 1.29 is 92.6 Å². The van der Waals surface area contributed by atoms with Gasteiger partial charge in [-0.05, 0) is 156 Å². The fraction of sp³-hybridized carbons (Fsp3) is 0.147.